The summed E-state index contributed by atoms with van der Waals surface area (Å²) in [6.07, 6.45) is 1.35. The Morgan fingerprint density at radius 1 is 1.00 bits per heavy atom. The van der Waals surface area contributed by atoms with Gasteiger partial charge < -0.3 is 10.4 Å². The van der Waals surface area contributed by atoms with Gasteiger partial charge in [-0.3, -0.25) is 9.79 Å². The van der Waals surface area contributed by atoms with Crippen LogP contribution >= 0.6 is 11.6 Å². The zero-order chi connectivity index (χ0) is 23.1. The Bertz CT molecular complexity index is 1070. The molecule has 1 atom stereocenters. The fourth-order valence-corrected chi connectivity index (χ4v) is 3.49. The number of aromatic hydroxyl groups is 1. The average molecular weight is 449 g/mol. The van der Waals surface area contributed by atoms with Crippen LogP contribution in [0.3, 0.4) is 0 Å². The summed E-state index contributed by atoms with van der Waals surface area (Å²) < 4.78 is 0. The first-order valence-electron chi connectivity index (χ1n) is 10.9. The third-order valence-corrected chi connectivity index (χ3v) is 5.01. The highest BCUT2D eigenvalue weighted by Crippen LogP contribution is 2.28. The number of amides is 1. The zero-order valence-electron chi connectivity index (χ0n) is 18.7. The van der Waals surface area contributed by atoms with E-state index in [4.69, 9.17) is 16.6 Å². The van der Waals surface area contributed by atoms with Gasteiger partial charge in [0.25, 0.3) is 0 Å². The average Bonchev–Trinajstić information content (AvgIpc) is 2.89. The van der Waals surface area contributed by atoms with Crippen LogP contribution in [-0.2, 0) is 11.2 Å². The number of phenols is 1. The molecule has 1 heterocycles. The number of benzodiazepines with no additional fused rings is 1. The SMILES string of the molecule is CC(C)C.O=C1Nc2ccc(Cl)cc2C(c2ccc(O)cc2)=NC1CCc1ccccc1. The van der Waals surface area contributed by atoms with Crippen molar-refractivity contribution in [2.75, 3.05) is 5.32 Å². The van der Waals surface area contributed by atoms with Crippen molar-refractivity contribution in [1.29, 1.82) is 0 Å². The van der Waals surface area contributed by atoms with E-state index in [2.05, 4.69) is 26.1 Å². The molecule has 3 aromatic carbocycles. The number of rotatable bonds is 4. The molecule has 0 bridgehead atoms. The standard InChI is InChI=1S/C23H19ClN2O2.C4H10/c24-17-9-13-20-19(14-17)22(16-7-10-18(27)11-8-16)25-21(23(28)26-20)12-6-15-4-2-1-3-5-15;1-4(2)3/h1-5,7-11,13-14,21,27H,6,12H2,(H,26,28);4H,1-3H3. The van der Waals surface area contributed by atoms with Gasteiger partial charge in [0.2, 0.25) is 5.91 Å². The Hall–Kier alpha value is -3.11. The molecule has 0 saturated heterocycles. The summed E-state index contributed by atoms with van der Waals surface area (Å²) in [5.41, 5.74) is 4.13. The number of hydrogen-bond donors (Lipinski definition) is 2. The lowest BCUT2D eigenvalue weighted by Crippen LogP contribution is -2.26. The van der Waals surface area contributed by atoms with E-state index in [0.29, 0.717) is 22.8 Å². The Kier molecular flexibility index (Phi) is 8.07. The Balaban J connectivity index is 0.000000668. The lowest BCUT2D eigenvalue weighted by molar-refractivity contribution is -0.117. The van der Waals surface area contributed by atoms with E-state index in [1.807, 2.05) is 36.4 Å². The molecule has 1 amide bonds. The Labute approximate surface area is 195 Å². The molecule has 0 aliphatic carbocycles. The second-order valence-corrected chi connectivity index (χ2v) is 8.91. The molecular formula is C27H29ClN2O2. The first-order chi connectivity index (χ1) is 15.3. The molecule has 0 fully saturated rings. The van der Waals surface area contributed by atoms with Gasteiger partial charge in [0.05, 0.1) is 11.4 Å². The number of aryl methyl sites for hydroxylation is 1. The van der Waals surface area contributed by atoms with Crippen molar-refractivity contribution in [3.8, 4) is 5.75 Å². The number of anilines is 1. The van der Waals surface area contributed by atoms with Gasteiger partial charge in [0.15, 0.2) is 0 Å². The molecule has 0 saturated carbocycles. The topological polar surface area (TPSA) is 61.7 Å². The fourth-order valence-electron chi connectivity index (χ4n) is 3.31. The number of carbonyl (C=O) groups excluding carboxylic acids is 1. The molecule has 1 aliphatic heterocycles. The highest BCUT2D eigenvalue weighted by molar-refractivity contribution is 6.32. The first-order valence-corrected chi connectivity index (χ1v) is 11.2. The number of hydrogen-bond acceptors (Lipinski definition) is 3. The molecule has 0 radical (unpaired) electrons. The van der Waals surface area contributed by atoms with E-state index in [9.17, 15) is 9.90 Å². The molecule has 2 N–H and O–H groups in total. The minimum absolute atomic E-state index is 0.131. The number of fused-ring (bicyclic) bond motifs is 1. The molecule has 1 aliphatic rings. The highest BCUT2D eigenvalue weighted by atomic mass is 35.5. The molecule has 0 aromatic heterocycles. The summed E-state index contributed by atoms with van der Waals surface area (Å²) in [6, 6.07) is 21.7. The van der Waals surface area contributed by atoms with Crippen molar-refractivity contribution in [3.63, 3.8) is 0 Å². The molecule has 1 unspecified atom stereocenters. The largest absolute Gasteiger partial charge is 0.508 e. The second-order valence-electron chi connectivity index (χ2n) is 8.48. The van der Waals surface area contributed by atoms with Crippen molar-refractivity contribution in [2.24, 2.45) is 10.9 Å². The summed E-state index contributed by atoms with van der Waals surface area (Å²) in [5.74, 6) is 0.882. The van der Waals surface area contributed by atoms with Gasteiger partial charge in [-0.2, -0.15) is 0 Å². The minimum atomic E-state index is -0.518. The lowest BCUT2D eigenvalue weighted by Gasteiger charge is -2.11. The van der Waals surface area contributed by atoms with Crippen LogP contribution in [0, 0.1) is 5.92 Å². The number of nitrogens with one attached hydrogen (secondary N) is 1. The number of benzene rings is 3. The molecule has 3 aromatic rings. The monoisotopic (exact) mass is 448 g/mol. The van der Waals surface area contributed by atoms with Gasteiger partial charge in [-0.05, 0) is 66.8 Å². The van der Waals surface area contributed by atoms with E-state index in [1.54, 1.807) is 36.4 Å². The van der Waals surface area contributed by atoms with Crippen molar-refractivity contribution in [3.05, 3.63) is 94.5 Å². The third kappa shape index (κ3) is 6.44. The van der Waals surface area contributed by atoms with Gasteiger partial charge in [-0.15, -0.1) is 0 Å². The van der Waals surface area contributed by atoms with Gasteiger partial charge >= 0.3 is 0 Å². The van der Waals surface area contributed by atoms with Crippen LogP contribution < -0.4 is 5.32 Å². The molecule has 4 rings (SSSR count). The predicted octanol–water partition coefficient (Wildman–Crippen LogP) is 6.50. The summed E-state index contributed by atoms with van der Waals surface area (Å²) >= 11 is 6.21. The summed E-state index contributed by atoms with van der Waals surface area (Å²) in [7, 11) is 0. The van der Waals surface area contributed by atoms with Gasteiger partial charge in [0.1, 0.15) is 11.8 Å². The van der Waals surface area contributed by atoms with Crippen LogP contribution in [0.15, 0.2) is 77.8 Å². The zero-order valence-corrected chi connectivity index (χ0v) is 19.4. The highest BCUT2D eigenvalue weighted by Gasteiger charge is 2.26. The van der Waals surface area contributed by atoms with E-state index in [0.717, 1.165) is 23.5 Å². The fraction of sp³-hybridized carbons (Fsp3) is 0.259. The number of aliphatic imine (C=N–C) groups is 1. The van der Waals surface area contributed by atoms with Crippen molar-refractivity contribution >= 4 is 28.9 Å². The Morgan fingerprint density at radius 2 is 1.66 bits per heavy atom. The van der Waals surface area contributed by atoms with Gasteiger partial charge in [0, 0.05) is 16.1 Å². The second kappa shape index (κ2) is 11.0. The van der Waals surface area contributed by atoms with Crippen LogP contribution in [0.2, 0.25) is 5.02 Å². The number of carbonyl (C=O) groups is 1. The molecule has 166 valence electrons. The van der Waals surface area contributed by atoms with Crippen molar-refractivity contribution in [2.45, 2.75) is 39.7 Å². The smallest absolute Gasteiger partial charge is 0.249 e. The van der Waals surface area contributed by atoms with Crippen molar-refractivity contribution < 1.29 is 9.90 Å². The third-order valence-electron chi connectivity index (χ3n) is 4.77. The van der Waals surface area contributed by atoms with Gasteiger partial charge in [-0.25, -0.2) is 0 Å². The number of phenolic OH excluding ortho intramolecular Hbond substituents is 1. The van der Waals surface area contributed by atoms with Crippen LogP contribution in [0.25, 0.3) is 0 Å². The van der Waals surface area contributed by atoms with E-state index >= 15 is 0 Å². The van der Waals surface area contributed by atoms with Crippen LogP contribution in [-0.4, -0.2) is 22.8 Å². The summed E-state index contributed by atoms with van der Waals surface area (Å²) in [5, 5.41) is 13.2. The number of nitrogens with zero attached hydrogens (tertiary/aromatic N) is 1. The normalized spacial score (nSPS) is 15.1. The number of halogens is 1. The lowest BCUT2D eigenvalue weighted by atomic mass is 10.00. The Morgan fingerprint density at radius 3 is 2.31 bits per heavy atom. The minimum Gasteiger partial charge on any atom is -0.508 e. The van der Waals surface area contributed by atoms with E-state index in [1.165, 1.54) is 5.56 Å². The maximum absolute atomic E-state index is 12.8. The summed E-state index contributed by atoms with van der Waals surface area (Å²) in [4.78, 5) is 17.6. The van der Waals surface area contributed by atoms with E-state index < -0.39 is 6.04 Å². The first kappa shape index (κ1) is 23.6. The molecular weight excluding hydrogens is 420 g/mol. The van der Waals surface area contributed by atoms with E-state index in [-0.39, 0.29) is 11.7 Å². The predicted molar refractivity (Wildman–Crippen MR) is 133 cm³/mol. The molecule has 0 spiro atoms. The van der Waals surface area contributed by atoms with Crippen LogP contribution in [0.4, 0.5) is 5.69 Å². The van der Waals surface area contributed by atoms with Gasteiger partial charge in [-0.1, -0.05) is 62.7 Å². The quantitative estimate of drug-likeness (QED) is 0.478. The summed E-state index contributed by atoms with van der Waals surface area (Å²) in [6.45, 7) is 6.50. The maximum Gasteiger partial charge on any atom is 0.249 e. The van der Waals surface area contributed by atoms with Crippen molar-refractivity contribution in [1.82, 2.24) is 0 Å². The maximum atomic E-state index is 12.8. The molecule has 5 heteroatoms. The molecule has 32 heavy (non-hydrogen) atoms. The molecule has 4 nitrogen and oxygen atoms in total. The van der Waals surface area contributed by atoms with Crippen LogP contribution in [0.5, 0.6) is 5.75 Å². The van der Waals surface area contributed by atoms with Crippen LogP contribution in [0.1, 0.15) is 43.9 Å².